The van der Waals surface area contributed by atoms with Crippen LogP contribution in [-0.2, 0) is 4.74 Å². The largest absolute Gasteiger partial charge is 0.381 e. The van der Waals surface area contributed by atoms with Crippen LogP contribution in [0.4, 0.5) is 17.8 Å². The number of hydrogen-bond acceptors (Lipinski definition) is 7. The summed E-state index contributed by atoms with van der Waals surface area (Å²) < 4.78 is 5.39. The number of aromatic nitrogens is 3. The predicted octanol–water partition coefficient (Wildman–Crippen LogP) is 1.60. The van der Waals surface area contributed by atoms with Crippen LogP contribution in [0.5, 0.6) is 0 Å². The van der Waals surface area contributed by atoms with E-state index in [9.17, 15) is 0 Å². The summed E-state index contributed by atoms with van der Waals surface area (Å²) in [6.07, 6.45) is 1.10. The van der Waals surface area contributed by atoms with Crippen LogP contribution in [-0.4, -0.2) is 54.3 Å². The van der Waals surface area contributed by atoms with Gasteiger partial charge in [0.15, 0.2) is 0 Å². The molecule has 1 unspecified atom stereocenters. The molecule has 1 saturated heterocycles. The van der Waals surface area contributed by atoms with Crippen molar-refractivity contribution in [2.45, 2.75) is 27.2 Å². The number of ether oxygens (including phenoxy) is 1. The highest BCUT2D eigenvalue weighted by molar-refractivity contribution is 5.43. The molecule has 0 bridgehead atoms. The Morgan fingerprint density at radius 3 is 2.38 bits per heavy atom. The first-order valence-corrected chi connectivity index (χ1v) is 7.83. The summed E-state index contributed by atoms with van der Waals surface area (Å²) >= 11 is 0. The normalized spacial score (nSPS) is 17.8. The lowest BCUT2D eigenvalue weighted by Crippen LogP contribution is -2.26. The van der Waals surface area contributed by atoms with Crippen molar-refractivity contribution in [1.82, 2.24) is 15.0 Å². The molecule has 0 aromatic carbocycles. The van der Waals surface area contributed by atoms with Crippen LogP contribution in [0.2, 0.25) is 0 Å². The van der Waals surface area contributed by atoms with E-state index in [4.69, 9.17) is 4.74 Å². The van der Waals surface area contributed by atoms with Gasteiger partial charge in [-0.05, 0) is 27.2 Å². The maximum atomic E-state index is 5.39. The van der Waals surface area contributed by atoms with Crippen molar-refractivity contribution in [1.29, 1.82) is 0 Å². The van der Waals surface area contributed by atoms with Gasteiger partial charge in [-0.2, -0.15) is 15.0 Å². The van der Waals surface area contributed by atoms with E-state index in [1.54, 1.807) is 0 Å². The zero-order chi connectivity index (χ0) is 15.1. The second kappa shape index (κ2) is 7.97. The average molecular weight is 294 g/mol. The third kappa shape index (κ3) is 4.42. The van der Waals surface area contributed by atoms with E-state index in [1.807, 2.05) is 6.92 Å². The molecule has 1 aliphatic heterocycles. The molecule has 21 heavy (non-hydrogen) atoms. The van der Waals surface area contributed by atoms with Gasteiger partial charge in [-0.1, -0.05) is 0 Å². The van der Waals surface area contributed by atoms with Crippen LogP contribution in [0.25, 0.3) is 0 Å². The van der Waals surface area contributed by atoms with E-state index in [0.717, 1.165) is 51.8 Å². The van der Waals surface area contributed by atoms with Gasteiger partial charge in [-0.15, -0.1) is 0 Å². The van der Waals surface area contributed by atoms with Crippen molar-refractivity contribution in [3.63, 3.8) is 0 Å². The zero-order valence-corrected chi connectivity index (χ0v) is 13.2. The van der Waals surface area contributed by atoms with Crippen LogP contribution in [0.3, 0.4) is 0 Å². The summed E-state index contributed by atoms with van der Waals surface area (Å²) in [7, 11) is 0. The molecule has 0 radical (unpaired) electrons. The van der Waals surface area contributed by atoms with E-state index in [0.29, 0.717) is 17.8 Å². The fourth-order valence-electron chi connectivity index (χ4n) is 2.31. The molecular weight excluding hydrogens is 268 g/mol. The van der Waals surface area contributed by atoms with Gasteiger partial charge in [0.05, 0.1) is 6.61 Å². The Balaban J connectivity index is 2.09. The summed E-state index contributed by atoms with van der Waals surface area (Å²) in [5, 5.41) is 6.49. The number of hydrogen-bond donors (Lipinski definition) is 2. The van der Waals surface area contributed by atoms with E-state index in [2.05, 4.69) is 44.3 Å². The first-order valence-electron chi connectivity index (χ1n) is 7.83. The third-order valence-electron chi connectivity index (χ3n) is 3.58. The second-order valence-electron chi connectivity index (χ2n) is 5.10. The first kappa shape index (κ1) is 15.8. The van der Waals surface area contributed by atoms with Crippen molar-refractivity contribution in [3.8, 4) is 0 Å². The average Bonchev–Trinajstić information content (AvgIpc) is 3.00. The molecule has 118 valence electrons. The maximum absolute atomic E-state index is 5.39. The Bertz CT molecular complexity index is 431. The lowest BCUT2D eigenvalue weighted by Gasteiger charge is -2.20. The van der Waals surface area contributed by atoms with Crippen LogP contribution < -0.4 is 15.5 Å². The van der Waals surface area contributed by atoms with E-state index < -0.39 is 0 Å². The van der Waals surface area contributed by atoms with Gasteiger partial charge in [0.2, 0.25) is 17.8 Å². The Labute approximate surface area is 126 Å². The number of nitrogens with one attached hydrogen (secondary N) is 2. The quantitative estimate of drug-likeness (QED) is 0.754. The SMILES string of the molecule is CCNc1nc(NCC2CCOC2)nc(N(CC)CC)n1. The Morgan fingerprint density at radius 2 is 1.81 bits per heavy atom. The van der Waals surface area contributed by atoms with Gasteiger partial charge in [0.25, 0.3) is 0 Å². The number of rotatable bonds is 8. The number of anilines is 3. The van der Waals surface area contributed by atoms with Gasteiger partial charge < -0.3 is 20.3 Å². The molecule has 1 aromatic heterocycles. The minimum atomic E-state index is 0.543. The smallest absolute Gasteiger partial charge is 0.231 e. The minimum Gasteiger partial charge on any atom is -0.381 e. The molecule has 7 nitrogen and oxygen atoms in total. The first-order chi connectivity index (χ1) is 10.3. The summed E-state index contributed by atoms with van der Waals surface area (Å²) in [6, 6.07) is 0. The van der Waals surface area contributed by atoms with Gasteiger partial charge in [0, 0.05) is 38.7 Å². The van der Waals surface area contributed by atoms with Crippen molar-refractivity contribution in [2.75, 3.05) is 54.9 Å². The fraction of sp³-hybridized carbons (Fsp3) is 0.786. The van der Waals surface area contributed by atoms with Crippen LogP contribution >= 0.6 is 0 Å². The Hall–Kier alpha value is -1.63. The van der Waals surface area contributed by atoms with Crippen molar-refractivity contribution >= 4 is 17.8 Å². The topological polar surface area (TPSA) is 75.2 Å². The molecule has 2 N–H and O–H groups in total. The molecule has 2 rings (SSSR count). The Kier molecular flexibility index (Phi) is 5.98. The molecule has 1 aliphatic rings. The molecule has 2 heterocycles. The van der Waals surface area contributed by atoms with Crippen molar-refractivity contribution < 1.29 is 4.74 Å². The zero-order valence-electron chi connectivity index (χ0n) is 13.2. The third-order valence-corrected chi connectivity index (χ3v) is 3.58. The van der Waals surface area contributed by atoms with Crippen LogP contribution in [0, 0.1) is 5.92 Å². The van der Waals surface area contributed by atoms with Gasteiger partial charge in [0.1, 0.15) is 0 Å². The molecule has 0 aliphatic carbocycles. The van der Waals surface area contributed by atoms with Crippen LogP contribution in [0.1, 0.15) is 27.2 Å². The second-order valence-corrected chi connectivity index (χ2v) is 5.10. The molecule has 7 heteroatoms. The summed E-state index contributed by atoms with van der Waals surface area (Å²) in [5.41, 5.74) is 0. The number of nitrogens with zero attached hydrogens (tertiary/aromatic N) is 4. The molecular formula is C14H26N6O. The molecule has 1 fully saturated rings. The minimum absolute atomic E-state index is 0.543. The molecule has 0 saturated carbocycles. The lowest BCUT2D eigenvalue weighted by molar-refractivity contribution is 0.187. The standard InChI is InChI=1S/C14H26N6O/c1-4-15-12-17-13(16-9-11-7-8-21-10-11)19-14(18-12)20(5-2)6-3/h11H,4-10H2,1-3H3,(H2,15,16,17,18,19). The fourth-order valence-corrected chi connectivity index (χ4v) is 2.31. The van der Waals surface area contributed by atoms with E-state index in [-0.39, 0.29) is 0 Å². The molecule has 1 aromatic rings. The predicted molar refractivity (Wildman–Crippen MR) is 85.0 cm³/mol. The highest BCUT2D eigenvalue weighted by Crippen LogP contribution is 2.16. The summed E-state index contributed by atoms with van der Waals surface area (Å²) in [4.78, 5) is 15.5. The lowest BCUT2D eigenvalue weighted by atomic mass is 10.1. The van der Waals surface area contributed by atoms with E-state index >= 15 is 0 Å². The highest BCUT2D eigenvalue weighted by Gasteiger charge is 2.16. The highest BCUT2D eigenvalue weighted by atomic mass is 16.5. The van der Waals surface area contributed by atoms with Crippen LogP contribution in [0.15, 0.2) is 0 Å². The molecule has 0 spiro atoms. The van der Waals surface area contributed by atoms with Gasteiger partial charge in [-0.3, -0.25) is 0 Å². The van der Waals surface area contributed by atoms with E-state index in [1.165, 1.54) is 0 Å². The Morgan fingerprint density at radius 1 is 1.10 bits per heavy atom. The van der Waals surface area contributed by atoms with Gasteiger partial charge >= 0.3 is 0 Å². The molecule has 0 amide bonds. The van der Waals surface area contributed by atoms with Gasteiger partial charge in [-0.25, -0.2) is 0 Å². The molecule has 1 atom stereocenters. The maximum Gasteiger partial charge on any atom is 0.231 e. The van der Waals surface area contributed by atoms with Crippen molar-refractivity contribution in [3.05, 3.63) is 0 Å². The monoisotopic (exact) mass is 294 g/mol. The summed E-state index contributed by atoms with van der Waals surface area (Å²) in [5.74, 6) is 2.52. The summed E-state index contributed by atoms with van der Waals surface area (Å²) in [6.45, 7) is 11.3. The van der Waals surface area contributed by atoms with Crippen molar-refractivity contribution in [2.24, 2.45) is 5.92 Å².